The van der Waals surface area contributed by atoms with Gasteiger partial charge in [0.1, 0.15) is 10.6 Å². The summed E-state index contributed by atoms with van der Waals surface area (Å²) < 4.78 is 37.7. The maximum absolute atomic E-state index is 12.8. The number of anilines is 1. The van der Waals surface area contributed by atoms with Crippen molar-refractivity contribution < 1.29 is 23.0 Å². The number of nitrogens with zero attached hydrogens (tertiary/aromatic N) is 1. The fraction of sp³-hybridized carbons (Fsp3) is 0.500. The molecule has 21 heavy (non-hydrogen) atoms. The Morgan fingerprint density at radius 3 is 2.90 bits per heavy atom. The van der Waals surface area contributed by atoms with Crippen LogP contribution in [-0.2, 0) is 14.8 Å². The molecule has 0 radical (unpaired) electrons. The number of methoxy groups -OCH3 is 1. The van der Waals surface area contributed by atoms with E-state index < -0.39 is 16.1 Å². The van der Waals surface area contributed by atoms with E-state index >= 15 is 0 Å². The fourth-order valence-electron chi connectivity index (χ4n) is 2.14. The molecule has 0 bridgehead atoms. The zero-order chi connectivity index (χ0) is 15.6. The normalized spacial score (nSPS) is 20.4. The summed E-state index contributed by atoms with van der Waals surface area (Å²) >= 11 is 3.24. The Morgan fingerprint density at radius 1 is 1.57 bits per heavy atom. The standard InChI is InChI=1S/C12H17BrN2O5S/c1-19-11-4-9(13)10(14)5-12(11)21(17,18)15-2-3-20-7-8(15)6-16/h4-5,8,16H,2-3,6-7,14H2,1H3. The Labute approximate surface area is 131 Å². The molecular formula is C12H17BrN2O5S. The topological polar surface area (TPSA) is 102 Å². The van der Waals surface area contributed by atoms with Gasteiger partial charge in [0.15, 0.2) is 0 Å². The van der Waals surface area contributed by atoms with E-state index in [0.29, 0.717) is 10.2 Å². The number of hydrogen-bond donors (Lipinski definition) is 2. The van der Waals surface area contributed by atoms with Gasteiger partial charge in [-0.1, -0.05) is 0 Å². The third-order valence-electron chi connectivity index (χ3n) is 3.25. The smallest absolute Gasteiger partial charge is 0.247 e. The molecule has 0 spiro atoms. The minimum Gasteiger partial charge on any atom is -0.495 e. The largest absolute Gasteiger partial charge is 0.495 e. The van der Waals surface area contributed by atoms with Crippen molar-refractivity contribution in [2.24, 2.45) is 0 Å². The first-order valence-corrected chi connectivity index (χ1v) is 8.48. The van der Waals surface area contributed by atoms with E-state index in [9.17, 15) is 13.5 Å². The first kappa shape index (κ1) is 16.5. The second kappa shape index (κ2) is 6.49. The molecule has 1 atom stereocenters. The van der Waals surface area contributed by atoms with Crippen LogP contribution in [0.25, 0.3) is 0 Å². The molecular weight excluding hydrogens is 364 g/mol. The fourth-order valence-corrected chi connectivity index (χ4v) is 4.22. The van der Waals surface area contributed by atoms with Gasteiger partial charge < -0.3 is 20.3 Å². The summed E-state index contributed by atoms with van der Waals surface area (Å²) in [6.45, 7) is 0.300. The Bertz CT molecular complexity index is 622. The minimum atomic E-state index is -3.84. The number of sulfonamides is 1. The van der Waals surface area contributed by atoms with Crippen molar-refractivity contribution in [3.05, 3.63) is 16.6 Å². The summed E-state index contributed by atoms with van der Waals surface area (Å²) in [4.78, 5) is -0.0222. The van der Waals surface area contributed by atoms with E-state index in [0.717, 1.165) is 0 Å². The Hall–Kier alpha value is -0.870. The summed E-state index contributed by atoms with van der Waals surface area (Å²) in [5.74, 6) is 0.194. The molecule has 7 nitrogen and oxygen atoms in total. The Balaban J connectivity index is 2.50. The van der Waals surface area contributed by atoms with Crippen LogP contribution in [0.5, 0.6) is 5.75 Å². The van der Waals surface area contributed by atoms with Crippen LogP contribution in [0.1, 0.15) is 0 Å². The van der Waals surface area contributed by atoms with E-state index in [1.54, 1.807) is 0 Å². The average molecular weight is 381 g/mol. The maximum atomic E-state index is 12.8. The highest BCUT2D eigenvalue weighted by Gasteiger charge is 2.35. The van der Waals surface area contributed by atoms with Crippen molar-refractivity contribution in [3.8, 4) is 5.75 Å². The monoisotopic (exact) mass is 380 g/mol. The lowest BCUT2D eigenvalue weighted by Gasteiger charge is -2.33. The third kappa shape index (κ3) is 3.16. The number of rotatable bonds is 4. The van der Waals surface area contributed by atoms with Gasteiger partial charge in [0, 0.05) is 16.7 Å². The van der Waals surface area contributed by atoms with Crippen molar-refractivity contribution in [3.63, 3.8) is 0 Å². The number of hydrogen-bond acceptors (Lipinski definition) is 6. The van der Waals surface area contributed by atoms with Crippen molar-refractivity contribution in [2.75, 3.05) is 39.2 Å². The molecule has 118 valence electrons. The predicted octanol–water partition coefficient (Wildman–Crippen LogP) is 0.422. The number of aliphatic hydroxyl groups is 1. The molecule has 2 rings (SSSR count). The second-order valence-corrected chi connectivity index (χ2v) is 7.26. The molecule has 0 amide bonds. The van der Waals surface area contributed by atoms with E-state index in [1.165, 1.54) is 23.5 Å². The molecule has 0 saturated carbocycles. The lowest BCUT2D eigenvalue weighted by atomic mass is 10.3. The van der Waals surface area contributed by atoms with Crippen LogP contribution in [0.4, 0.5) is 5.69 Å². The Morgan fingerprint density at radius 2 is 2.29 bits per heavy atom. The zero-order valence-electron chi connectivity index (χ0n) is 11.5. The molecule has 1 aliphatic rings. The molecule has 1 aromatic carbocycles. The first-order valence-electron chi connectivity index (χ1n) is 6.25. The number of benzene rings is 1. The lowest BCUT2D eigenvalue weighted by Crippen LogP contribution is -2.50. The van der Waals surface area contributed by atoms with E-state index in [4.69, 9.17) is 15.2 Å². The van der Waals surface area contributed by atoms with Crippen LogP contribution in [0.3, 0.4) is 0 Å². The minimum absolute atomic E-state index is 0.0222. The van der Waals surface area contributed by atoms with E-state index in [1.807, 2.05) is 0 Å². The molecule has 3 N–H and O–H groups in total. The van der Waals surface area contributed by atoms with Gasteiger partial charge in [-0.3, -0.25) is 0 Å². The van der Waals surface area contributed by atoms with Crippen LogP contribution < -0.4 is 10.5 Å². The molecule has 1 saturated heterocycles. The van der Waals surface area contributed by atoms with Crippen LogP contribution in [-0.4, -0.2) is 57.3 Å². The van der Waals surface area contributed by atoms with Crippen molar-refractivity contribution in [1.29, 1.82) is 0 Å². The van der Waals surface area contributed by atoms with Gasteiger partial charge in [-0.15, -0.1) is 0 Å². The van der Waals surface area contributed by atoms with Gasteiger partial charge >= 0.3 is 0 Å². The zero-order valence-corrected chi connectivity index (χ0v) is 13.9. The van der Waals surface area contributed by atoms with Crippen LogP contribution in [0, 0.1) is 0 Å². The summed E-state index contributed by atoms with van der Waals surface area (Å²) in [5, 5.41) is 9.35. The summed E-state index contributed by atoms with van der Waals surface area (Å²) in [7, 11) is -2.45. The van der Waals surface area contributed by atoms with Crippen LogP contribution in [0.15, 0.2) is 21.5 Å². The number of aliphatic hydroxyl groups excluding tert-OH is 1. The molecule has 1 fully saturated rings. The highest BCUT2D eigenvalue weighted by molar-refractivity contribution is 9.10. The van der Waals surface area contributed by atoms with Gasteiger partial charge in [-0.25, -0.2) is 8.42 Å². The number of halogens is 1. The number of morpholine rings is 1. The SMILES string of the molecule is COc1cc(Br)c(N)cc1S(=O)(=O)N1CCOCC1CO. The number of nitrogens with two attached hydrogens (primary N) is 1. The Kier molecular flexibility index (Phi) is 5.10. The van der Waals surface area contributed by atoms with Crippen LogP contribution in [0.2, 0.25) is 0 Å². The van der Waals surface area contributed by atoms with Crippen molar-refractivity contribution in [1.82, 2.24) is 4.31 Å². The van der Waals surface area contributed by atoms with Crippen molar-refractivity contribution >= 4 is 31.6 Å². The summed E-state index contributed by atoms with van der Waals surface area (Å²) in [5.41, 5.74) is 6.07. The van der Waals surface area contributed by atoms with Crippen LogP contribution >= 0.6 is 15.9 Å². The van der Waals surface area contributed by atoms with Crippen molar-refractivity contribution in [2.45, 2.75) is 10.9 Å². The van der Waals surface area contributed by atoms with Gasteiger partial charge in [-0.2, -0.15) is 4.31 Å². The third-order valence-corrected chi connectivity index (χ3v) is 5.91. The maximum Gasteiger partial charge on any atom is 0.247 e. The number of ether oxygens (including phenoxy) is 2. The molecule has 9 heteroatoms. The first-order chi connectivity index (χ1) is 9.91. The molecule has 0 aromatic heterocycles. The number of nitrogen functional groups attached to an aromatic ring is 1. The van der Waals surface area contributed by atoms with Gasteiger partial charge in [0.05, 0.1) is 33.0 Å². The molecule has 1 aromatic rings. The highest BCUT2D eigenvalue weighted by atomic mass is 79.9. The summed E-state index contributed by atoms with van der Waals surface area (Å²) in [6, 6.07) is 2.25. The average Bonchev–Trinajstić information content (AvgIpc) is 2.49. The van der Waals surface area contributed by atoms with E-state index in [2.05, 4.69) is 15.9 Å². The molecule has 0 aliphatic carbocycles. The summed E-state index contributed by atoms with van der Waals surface area (Å²) in [6.07, 6.45) is 0. The predicted molar refractivity (Wildman–Crippen MR) is 80.7 cm³/mol. The van der Waals surface area contributed by atoms with E-state index in [-0.39, 0.29) is 37.0 Å². The lowest BCUT2D eigenvalue weighted by molar-refractivity contribution is 0.0108. The second-order valence-electron chi connectivity index (χ2n) is 4.55. The van der Waals surface area contributed by atoms with Gasteiger partial charge in [-0.05, 0) is 28.1 Å². The quantitative estimate of drug-likeness (QED) is 0.733. The van der Waals surface area contributed by atoms with Gasteiger partial charge in [0.2, 0.25) is 10.0 Å². The molecule has 1 aliphatic heterocycles. The van der Waals surface area contributed by atoms with Gasteiger partial charge in [0.25, 0.3) is 0 Å². The highest BCUT2D eigenvalue weighted by Crippen LogP contribution is 2.34. The molecule has 1 heterocycles. The molecule has 1 unspecified atom stereocenters.